The van der Waals surface area contributed by atoms with Gasteiger partial charge < -0.3 is 4.74 Å². The Hall–Kier alpha value is -1.77. The predicted octanol–water partition coefficient (Wildman–Crippen LogP) is 3.99. The summed E-state index contributed by atoms with van der Waals surface area (Å²) in [6.45, 7) is 2.00. The fourth-order valence-electron chi connectivity index (χ4n) is 1.53. The van der Waals surface area contributed by atoms with Gasteiger partial charge in [0.25, 0.3) is 0 Å². The number of carbonyl (C=O) groups is 1. The molecule has 0 fully saturated rings. The summed E-state index contributed by atoms with van der Waals surface area (Å²) in [5.74, 6) is 0. The van der Waals surface area contributed by atoms with Gasteiger partial charge in [-0.3, -0.25) is 5.32 Å². The molecule has 92 valence electrons. The maximum absolute atomic E-state index is 11.4. The van der Waals surface area contributed by atoms with Gasteiger partial charge >= 0.3 is 6.09 Å². The van der Waals surface area contributed by atoms with Crippen molar-refractivity contribution in [2.75, 3.05) is 11.9 Å². The molecular weight excluding hydrogens is 272 g/mol. The van der Waals surface area contributed by atoms with Gasteiger partial charge in [0.2, 0.25) is 0 Å². The number of nitrogens with one attached hydrogen (secondary N) is 1. The molecule has 0 atom stereocenters. The number of halogens is 1. The second kappa shape index (κ2) is 5.25. The van der Waals surface area contributed by atoms with Crippen molar-refractivity contribution < 1.29 is 9.53 Å². The molecule has 0 aliphatic heterocycles. The van der Waals surface area contributed by atoms with E-state index < -0.39 is 6.09 Å². The smallest absolute Gasteiger partial charge is 0.412 e. The van der Waals surface area contributed by atoms with Crippen molar-refractivity contribution in [3.63, 3.8) is 0 Å². The highest BCUT2D eigenvalue weighted by atomic mass is 35.5. The van der Waals surface area contributed by atoms with Crippen LogP contribution in [0.2, 0.25) is 5.02 Å². The first-order valence-corrected chi connectivity index (χ1v) is 6.41. The predicted molar refractivity (Wildman–Crippen MR) is 72.2 cm³/mol. The van der Waals surface area contributed by atoms with Crippen molar-refractivity contribution in [1.29, 1.82) is 5.26 Å². The van der Waals surface area contributed by atoms with Crippen molar-refractivity contribution in [3.05, 3.63) is 28.8 Å². The summed E-state index contributed by atoms with van der Waals surface area (Å²) >= 11 is 7.21. The molecule has 0 spiro atoms. The molecule has 0 radical (unpaired) electrons. The van der Waals surface area contributed by atoms with Crippen molar-refractivity contribution >= 4 is 44.1 Å². The molecule has 0 aliphatic carbocycles. The summed E-state index contributed by atoms with van der Waals surface area (Å²) in [4.78, 5) is 11.4. The largest absolute Gasteiger partial charge is 0.450 e. The molecule has 0 unspecified atom stereocenters. The van der Waals surface area contributed by atoms with Crippen LogP contribution in [0.4, 0.5) is 9.80 Å². The second-order valence-corrected chi connectivity index (χ2v) is 4.89. The van der Waals surface area contributed by atoms with Crippen LogP contribution in [0.5, 0.6) is 0 Å². The molecule has 1 N–H and O–H groups in total. The Morgan fingerprint density at radius 2 is 2.39 bits per heavy atom. The summed E-state index contributed by atoms with van der Waals surface area (Å²) in [6, 6.07) is 7.35. The lowest BCUT2D eigenvalue weighted by molar-refractivity contribution is 0.168. The number of carbonyl (C=O) groups excluding carboxylic acids is 1. The molecule has 1 aromatic carbocycles. The molecule has 18 heavy (non-hydrogen) atoms. The molecule has 2 rings (SSSR count). The number of thiophene rings is 1. The first kappa shape index (κ1) is 12.7. The van der Waals surface area contributed by atoms with Crippen LogP contribution >= 0.6 is 22.9 Å². The zero-order valence-electron chi connectivity index (χ0n) is 9.49. The van der Waals surface area contributed by atoms with E-state index in [4.69, 9.17) is 21.6 Å². The molecule has 0 bridgehead atoms. The van der Waals surface area contributed by atoms with Gasteiger partial charge in [0.15, 0.2) is 0 Å². The number of benzene rings is 1. The third kappa shape index (κ3) is 2.40. The lowest BCUT2D eigenvalue weighted by Crippen LogP contribution is -2.12. The van der Waals surface area contributed by atoms with Crippen molar-refractivity contribution in [3.8, 4) is 6.07 Å². The summed E-state index contributed by atoms with van der Waals surface area (Å²) < 4.78 is 5.68. The number of nitrogens with zero attached hydrogens (tertiary/aromatic N) is 1. The average molecular weight is 281 g/mol. The Kier molecular flexibility index (Phi) is 3.70. The minimum atomic E-state index is -0.563. The standard InChI is InChI=1S/C12H9ClN2O2S/c1-2-17-12(16)15-11-9(6-14)8-5-7(13)3-4-10(8)18-11/h3-5H,2H2,1H3,(H,15,16). The minimum Gasteiger partial charge on any atom is -0.450 e. The third-order valence-corrected chi connectivity index (χ3v) is 3.57. The molecule has 1 amide bonds. The molecule has 2 aromatic rings. The molecule has 1 heterocycles. The van der Waals surface area contributed by atoms with E-state index in [9.17, 15) is 4.79 Å². The van der Waals surface area contributed by atoms with Crippen LogP contribution in [-0.2, 0) is 4.74 Å². The van der Waals surface area contributed by atoms with Crippen molar-refractivity contribution in [2.45, 2.75) is 6.92 Å². The van der Waals surface area contributed by atoms with E-state index in [-0.39, 0.29) is 6.61 Å². The average Bonchev–Trinajstić information content (AvgIpc) is 2.65. The number of ether oxygens (including phenoxy) is 1. The first-order valence-electron chi connectivity index (χ1n) is 5.21. The lowest BCUT2D eigenvalue weighted by Gasteiger charge is -2.02. The summed E-state index contributed by atoms with van der Waals surface area (Å²) in [5, 5.41) is 13.5. The number of rotatable bonds is 2. The monoisotopic (exact) mass is 280 g/mol. The topological polar surface area (TPSA) is 62.1 Å². The highest BCUT2D eigenvalue weighted by Gasteiger charge is 2.14. The maximum Gasteiger partial charge on any atom is 0.412 e. The summed E-state index contributed by atoms with van der Waals surface area (Å²) in [5.41, 5.74) is 0.408. The fraction of sp³-hybridized carbons (Fsp3) is 0.167. The van der Waals surface area contributed by atoms with Crippen molar-refractivity contribution in [2.24, 2.45) is 0 Å². The number of hydrogen-bond acceptors (Lipinski definition) is 4. The number of nitriles is 1. The lowest BCUT2D eigenvalue weighted by atomic mass is 10.2. The van der Waals surface area contributed by atoms with Gasteiger partial charge in [0.05, 0.1) is 12.2 Å². The molecule has 1 aromatic heterocycles. The fourth-order valence-corrected chi connectivity index (χ4v) is 2.72. The van der Waals surface area contributed by atoms with Gasteiger partial charge in [-0.1, -0.05) is 11.6 Å². The molecule has 0 saturated heterocycles. The Morgan fingerprint density at radius 3 is 3.06 bits per heavy atom. The number of hydrogen-bond donors (Lipinski definition) is 1. The number of fused-ring (bicyclic) bond motifs is 1. The van der Waals surface area contributed by atoms with Crippen LogP contribution in [0.15, 0.2) is 18.2 Å². The van der Waals surface area contributed by atoms with E-state index in [2.05, 4.69) is 11.4 Å². The van der Waals surface area contributed by atoms with E-state index in [0.717, 1.165) is 10.1 Å². The normalized spacial score (nSPS) is 10.1. The third-order valence-electron chi connectivity index (χ3n) is 2.25. The van der Waals surface area contributed by atoms with Gasteiger partial charge in [-0.05, 0) is 25.1 Å². The Labute approximate surface area is 113 Å². The van der Waals surface area contributed by atoms with Gasteiger partial charge in [-0.15, -0.1) is 11.3 Å². The summed E-state index contributed by atoms with van der Waals surface area (Å²) in [6.07, 6.45) is -0.563. The van der Waals surface area contributed by atoms with Crippen LogP contribution in [0, 0.1) is 11.3 Å². The second-order valence-electron chi connectivity index (χ2n) is 3.40. The van der Waals surface area contributed by atoms with Crippen molar-refractivity contribution in [1.82, 2.24) is 0 Å². The van der Waals surface area contributed by atoms with Gasteiger partial charge in [0, 0.05) is 15.1 Å². The number of amides is 1. The van der Waals surface area contributed by atoms with Gasteiger partial charge in [0.1, 0.15) is 11.1 Å². The van der Waals surface area contributed by atoms with Crippen LogP contribution in [-0.4, -0.2) is 12.7 Å². The zero-order valence-corrected chi connectivity index (χ0v) is 11.1. The highest BCUT2D eigenvalue weighted by molar-refractivity contribution is 7.23. The number of anilines is 1. The molecule has 0 saturated carbocycles. The highest BCUT2D eigenvalue weighted by Crippen LogP contribution is 2.36. The van der Waals surface area contributed by atoms with Gasteiger partial charge in [-0.2, -0.15) is 5.26 Å². The van der Waals surface area contributed by atoms with E-state index in [1.165, 1.54) is 11.3 Å². The minimum absolute atomic E-state index is 0.282. The molecule has 6 heteroatoms. The Balaban J connectivity index is 2.45. The van der Waals surface area contributed by atoms with E-state index in [1.54, 1.807) is 19.1 Å². The quantitative estimate of drug-likeness (QED) is 0.904. The molecular formula is C12H9ClN2O2S. The van der Waals surface area contributed by atoms with Crippen LogP contribution in [0.25, 0.3) is 10.1 Å². The molecule has 0 aliphatic rings. The van der Waals surface area contributed by atoms with Crippen LogP contribution in [0.3, 0.4) is 0 Å². The molecule has 4 nitrogen and oxygen atoms in total. The van der Waals surface area contributed by atoms with Crippen LogP contribution < -0.4 is 5.32 Å². The van der Waals surface area contributed by atoms with Crippen LogP contribution in [0.1, 0.15) is 12.5 Å². The van der Waals surface area contributed by atoms with E-state index in [0.29, 0.717) is 15.6 Å². The Bertz CT molecular complexity index is 645. The van der Waals surface area contributed by atoms with Gasteiger partial charge in [-0.25, -0.2) is 4.79 Å². The van der Waals surface area contributed by atoms with E-state index >= 15 is 0 Å². The SMILES string of the molecule is CCOC(=O)Nc1sc2ccc(Cl)cc2c1C#N. The van der Waals surface area contributed by atoms with E-state index in [1.807, 2.05) is 6.07 Å². The zero-order chi connectivity index (χ0) is 13.1. The first-order chi connectivity index (χ1) is 8.65. The Morgan fingerprint density at radius 1 is 1.61 bits per heavy atom. The summed E-state index contributed by atoms with van der Waals surface area (Å²) in [7, 11) is 0. The maximum atomic E-state index is 11.4.